The molecule has 16 nitrogen and oxygen atoms in total. The molecule has 8 N–H and O–H groups in total. The van der Waals surface area contributed by atoms with Gasteiger partial charge < -0.3 is 40.9 Å². The van der Waals surface area contributed by atoms with Crippen molar-refractivity contribution in [3.8, 4) is 0 Å². The largest absolute Gasteiger partial charge is 0.478 e. The van der Waals surface area contributed by atoms with Crippen LogP contribution in [-0.4, -0.2) is 88.6 Å². The van der Waals surface area contributed by atoms with Crippen molar-refractivity contribution in [1.29, 1.82) is 0 Å². The SMILES string of the molecule is O=C(O)c1cc(Sc2cc(C(=O)O)c(C(=O)O)c(C(=O)O)c2C(=O)O)c(C(=O)O)c(C(=O)O)c1C(=O)O. The van der Waals surface area contributed by atoms with E-state index in [4.69, 9.17) is 0 Å². The molecule has 0 saturated carbocycles. The molecule has 192 valence electrons. The van der Waals surface area contributed by atoms with E-state index < -0.39 is 102 Å². The molecule has 0 atom stereocenters. The average Bonchev–Trinajstić information content (AvgIpc) is 2.75. The zero-order valence-corrected chi connectivity index (χ0v) is 18.2. The summed E-state index contributed by atoms with van der Waals surface area (Å²) in [6.07, 6.45) is 0. The highest BCUT2D eigenvalue weighted by molar-refractivity contribution is 7.99. The molecule has 0 spiro atoms. The van der Waals surface area contributed by atoms with E-state index in [1.165, 1.54) is 0 Å². The van der Waals surface area contributed by atoms with E-state index in [9.17, 15) is 79.2 Å². The summed E-state index contributed by atoms with van der Waals surface area (Å²) in [5.74, 6) is -17.1. The summed E-state index contributed by atoms with van der Waals surface area (Å²) in [6.45, 7) is 0. The molecule has 0 aromatic heterocycles. The predicted molar refractivity (Wildman–Crippen MR) is 113 cm³/mol. The van der Waals surface area contributed by atoms with E-state index in [-0.39, 0.29) is 11.8 Å². The number of aromatic carboxylic acids is 8. The first-order valence-electron chi connectivity index (χ1n) is 8.98. The number of carboxylic acid groups (broad SMARTS) is 8. The van der Waals surface area contributed by atoms with Gasteiger partial charge in [0.15, 0.2) is 0 Å². The number of benzene rings is 2. The fourth-order valence-corrected chi connectivity index (χ4v) is 4.40. The van der Waals surface area contributed by atoms with Gasteiger partial charge in [0.05, 0.1) is 44.5 Å². The minimum Gasteiger partial charge on any atom is -0.478 e. The Morgan fingerprint density at radius 2 is 0.622 bits per heavy atom. The van der Waals surface area contributed by atoms with Crippen LogP contribution in [0.25, 0.3) is 0 Å². The van der Waals surface area contributed by atoms with Gasteiger partial charge in [-0.2, -0.15) is 0 Å². The lowest BCUT2D eigenvalue weighted by Crippen LogP contribution is -2.21. The predicted octanol–water partition coefficient (Wildman–Crippen LogP) is 1.42. The van der Waals surface area contributed by atoms with Crippen molar-refractivity contribution in [3.05, 3.63) is 56.6 Å². The summed E-state index contributed by atoms with van der Waals surface area (Å²) in [5.41, 5.74) is -11.2. The minimum absolute atomic E-state index is 0.136. The van der Waals surface area contributed by atoms with Gasteiger partial charge in [0.2, 0.25) is 0 Å². The zero-order valence-electron chi connectivity index (χ0n) is 17.4. The molecule has 0 aliphatic carbocycles. The fourth-order valence-electron chi connectivity index (χ4n) is 3.23. The Balaban J connectivity index is 3.18. The highest BCUT2D eigenvalue weighted by Gasteiger charge is 2.36. The van der Waals surface area contributed by atoms with E-state index in [0.717, 1.165) is 0 Å². The second-order valence-corrected chi connectivity index (χ2v) is 7.72. The Hall–Kier alpha value is -5.45. The molecule has 0 bridgehead atoms. The number of hydrogen-bond acceptors (Lipinski definition) is 9. The van der Waals surface area contributed by atoms with Crippen molar-refractivity contribution in [3.63, 3.8) is 0 Å². The Morgan fingerprint density at radius 1 is 0.378 bits per heavy atom. The lowest BCUT2D eigenvalue weighted by atomic mass is 9.95. The average molecular weight is 538 g/mol. The monoisotopic (exact) mass is 538 g/mol. The van der Waals surface area contributed by atoms with Crippen LogP contribution in [0, 0.1) is 0 Å². The van der Waals surface area contributed by atoms with Gasteiger partial charge >= 0.3 is 47.8 Å². The topological polar surface area (TPSA) is 298 Å². The van der Waals surface area contributed by atoms with Crippen molar-refractivity contribution in [2.75, 3.05) is 0 Å². The fraction of sp³-hybridized carbons (Fsp3) is 0. The summed E-state index contributed by atoms with van der Waals surface area (Å²) in [6, 6.07) is 0.702. The first-order chi connectivity index (χ1) is 17.0. The quantitative estimate of drug-likeness (QED) is 0.212. The van der Waals surface area contributed by atoms with Gasteiger partial charge in [0.25, 0.3) is 0 Å². The first-order valence-corrected chi connectivity index (χ1v) is 9.80. The molecule has 2 aromatic rings. The summed E-state index contributed by atoms with van der Waals surface area (Å²) in [4.78, 5) is 91.9. The Kier molecular flexibility index (Phi) is 7.54. The normalized spacial score (nSPS) is 10.4. The molecule has 0 unspecified atom stereocenters. The maximum absolute atomic E-state index is 11.9. The van der Waals surface area contributed by atoms with Gasteiger partial charge in [0.1, 0.15) is 0 Å². The second-order valence-electron chi connectivity index (χ2n) is 6.64. The second kappa shape index (κ2) is 10.0. The molecule has 0 saturated heterocycles. The minimum atomic E-state index is -2.21. The molecule has 17 heteroatoms. The lowest BCUT2D eigenvalue weighted by Gasteiger charge is -2.17. The Bertz CT molecular complexity index is 1360. The van der Waals surface area contributed by atoms with Gasteiger partial charge in [-0.15, -0.1) is 0 Å². The summed E-state index contributed by atoms with van der Waals surface area (Å²) >= 11 is -0.136. The summed E-state index contributed by atoms with van der Waals surface area (Å²) < 4.78 is 0. The van der Waals surface area contributed by atoms with Crippen LogP contribution in [0.15, 0.2) is 21.9 Å². The molecule has 0 radical (unpaired) electrons. The third-order valence-electron chi connectivity index (χ3n) is 4.55. The zero-order chi connectivity index (χ0) is 28.5. The third kappa shape index (κ3) is 5.00. The van der Waals surface area contributed by atoms with Crippen molar-refractivity contribution >= 4 is 59.5 Å². The first kappa shape index (κ1) is 27.8. The number of carbonyl (C=O) groups is 8. The van der Waals surface area contributed by atoms with Gasteiger partial charge in [-0.1, -0.05) is 11.8 Å². The number of hydrogen-bond donors (Lipinski definition) is 8. The molecule has 0 amide bonds. The number of rotatable bonds is 10. The lowest BCUT2D eigenvalue weighted by molar-refractivity contribution is 0.0616. The van der Waals surface area contributed by atoms with Crippen molar-refractivity contribution < 1.29 is 79.2 Å². The van der Waals surface area contributed by atoms with Crippen LogP contribution < -0.4 is 0 Å². The van der Waals surface area contributed by atoms with Crippen LogP contribution in [0.4, 0.5) is 0 Å². The van der Waals surface area contributed by atoms with Crippen LogP contribution in [-0.2, 0) is 0 Å². The molecule has 2 rings (SSSR count). The molecule has 37 heavy (non-hydrogen) atoms. The summed E-state index contributed by atoms with van der Waals surface area (Å²) in [5, 5.41) is 75.6. The number of carboxylic acids is 8. The maximum atomic E-state index is 11.9. The Morgan fingerprint density at radius 3 is 0.811 bits per heavy atom. The van der Waals surface area contributed by atoms with Crippen molar-refractivity contribution in [2.45, 2.75) is 9.79 Å². The maximum Gasteiger partial charge on any atom is 0.337 e. The molecule has 0 fully saturated rings. The van der Waals surface area contributed by atoms with Crippen LogP contribution >= 0.6 is 11.8 Å². The molecule has 2 aromatic carbocycles. The molecular formula is C20H10O16S. The molecule has 0 heterocycles. The van der Waals surface area contributed by atoms with Gasteiger partial charge in [-0.25, -0.2) is 38.4 Å². The van der Waals surface area contributed by atoms with Crippen molar-refractivity contribution in [1.82, 2.24) is 0 Å². The third-order valence-corrected chi connectivity index (χ3v) is 5.63. The van der Waals surface area contributed by atoms with Gasteiger partial charge in [0, 0.05) is 9.79 Å². The highest BCUT2D eigenvalue weighted by Crippen LogP contribution is 2.40. The van der Waals surface area contributed by atoms with Crippen LogP contribution in [0.1, 0.15) is 82.9 Å². The van der Waals surface area contributed by atoms with Crippen LogP contribution in [0.2, 0.25) is 0 Å². The summed E-state index contributed by atoms with van der Waals surface area (Å²) in [7, 11) is 0. The molecule has 0 aliphatic heterocycles. The highest BCUT2D eigenvalue weighted by atomic mass is 32.2. The van der Waals surface area contributed by atoms with Crippen LogP contribution in [0.5, 0.6) is 0 Å². The van der Waals surface area contributed by atoms with E-state index in [1.54, 1.807) is 0 Å². The van der Waals surface area contributed by atoms with E-state index in [2.05, 4.69) is 0 Å². The smallest absolute Gasteiger partial charge is 0.337 e. The van der Waals surface area contributed by atoms with Crippen molar-refractivity contribution in [2.24, 2.45) is 0 Å². The standard InChI is InChI=1S/C20H10O16S/c21-13(22)3-1-5(9(17(29)30)11(19(33)34)7(3)15(25)26)37-6-2-4(14(23)24)8(16(27)28)12(20(35)36)10(6)18(31)32/h1-2H,(H,21,22)(H,23,24)(H,25,26)(H,27,28)(H,29,30)(H,31,32)(H,33,34)(H,35,36). The van der Waals surface area contributed by atoms with Gasteiger partial charge in [-0.3, -0.25) is 0 Å². The van der Waals surface area contributed by atoms with E-state index >= 15 is 0 Å². The Labute approximate surface area is 205 Å². The van der Waals surface area contributed by atoms with E-state index in [0.29, 0.717) is 12.1 Å². The van der Waals surface area contributed by atoms with Gasteiger partial charge in [-0.05, 0) is 12.1 Å². The molecule has 0 aliphatic rings. The van der Waals surface area contributed by atoms with Crippen LogP contribution in [0.3, 0.4) is 0 Å². The molecular weight excluding hydrogens is 528 g/mol. The van der Waals surface area contributed by atoms with E-state index in [1.807, 2.05) is 0 Å².